The molecule has 0 unspecified atom stereocenters. The second-order valence-electron chi connectivity index (χ2n) is 5.23. The first-order valence-corrected chi connectivity index (χ1v) is 6.28. The zero-order chi connectivity index (χ0) is 11.1. The lowest BCUT2D eigenvalue weighted by molar-refractivity contribution is -0.117. The van der Waals surface area contributed by atoms with Gasteiger partial charge in [0, 0.05) is 5.41 Å². The van der Waals surface area contributed by atoms with E-state index in [1.807, 2.05) is 0 Å². The monoisotopic (exact) mass is 208 g/mol. The Morgan fingerprint density at radius 3 is 2.07 bits per heavy atom. The Hall–Kier alpha value is -0.590. The van der Waals surface area contributed by atoms with Crippen LogP contribution in [0, 0.1) is 5.41 Å². The van der Waals surface area contributed by atoms with Crippen molar-refractivity contribution >= 4 is 6.29 Å². The summed E-state index contributed by atoms with van der Waals surface area (Å²) in [6.45, 7) is 4.23. The van der Waals surface area contributed by atoms with Crippen LogP contribution in [0.5, 0.6) is 0 Å². The first-order chi connectivity index (χ1) is 7.18. The van der Waals surface area contributed by atoms with Crippen LogP contribution in [0.2, 0.25) is 0 Å². The van der Waals surface area contributed by atoms with Gasteiger partial charge in [-0.15, -0.1) is 0 Å². The topological polar surface area (TPSA) is 17.1 Å². The van der Waals surface area contributed by atoms with E-state index in [4.69, 9.17) is 0 Å². The van der Waals surface area contributed by atoms with E-state index in [1.165, 1.54) is 44.0 Å². The summed E-state index contributed by atoms with van der Waals surface area (Å²) < 4.78 is 0. The van der Waals surface area contributed by atoms with Gasteiger partial charge in [0.2, 0.25) is 0 Å². The average molecular weight is 208 g/mol. The van der Waals surface area contributed by atoms with Crippen molar-refractivity contribution in [2.75, 3.05) is 0 Å². The molecule has 0 bridgehead atoms. The molecule has 0 aromatic carbocycles. The fourth-order valence-electron chi connectivity index (χ4n) is 2.39. The first kappa shape index (κ1) is 12.5. The molecular formula is C14H24O. The Kier molecular flexibility index (Phi) is 5.07. The average Bonchev–Trinajstić information content (AvgIpc) is 2.17. The maximum absolute atomic E-state index is 11.3. The summed E-state index contributed by atoms with van der Waals surface area (Å²) >= 11 is 0. The quantitative estimate of drug-likeness (QED) is 0.500. The normalized spacial score (nSPS) is 21.2. The van der Waals surface area contributed by atoms with E-state index in [-0.39, 0.29) is 5.41 Å². The van der Waals surface area contributed by atoms with E-state index >= 15 is 0 Å². The minimum atomic E-state index is -0.0301. The number of allylic oxidation sites excluding steroid dienone is 2. The van der Waals surface area contributed by atoms with Gasteiger partial charge >= 0.3 is 0 Å². The molecule has 0 spiro atoms. The molecule has 1 saturated carbocycles. The Morgan fingerprint density at radius 1 is 1.07 bits per heavy atom. The lowest BCUT2D eigenvalue weighted by Crippen LogP contribution is -2.23. The maximum atomic E-state index is 11.3. The Bertz CT molecular complexity index is 215. The summed E-state index contributed by atoms with van der Waals surface area (Å²) in [6.07, 6.45) is 13.1. The molecule has 0 N–H and O–H groups in total. The third-order valence-corrected chi connectivity index (χ3v) is 3.52. The van der Waals surface area contributed by atoms with Crippen molar-refractivity contribution in [2.24, 2.45) is 5.41 Å². The van der Waals surface area contributed by atoms with Crippen molar-refractivity contribution < 1.29 is 4.79 Å². The molecule has 0 radical (unpaired) electrons. The van der Waals surface area contributed by atoms with E-state index in [2.05, 4.69) is 19.9 Å². The predicted molar refractivity (Wildman–Crippen MR) is 64.9 cm³/mol. The lowest BCUT2D eigenvalue weighted by atomic mass is 9.75. The van der Waals surface area contributed by atoms with Gasteiger partial charge in [-0.25, -0.2) is 0 Å². The van der Waals surface area contributed by atoms with Crippen molar-refractivity contribution in [2.45, 2.75) is 65.2 Å². The molecule has 0 aromatic heterocycles. The minimum Gasteiger partial charge on any atom is -0.303 e. The van der Waals surface area contributed by atoms with Crippen LogP contribution in [0.25, 0.3) is 0 Å². The highest BCUT2D eigenvalue weighted by Crippen LogP contribution is 2.36. The molecule has 0 amide bonds. The van der Waals surface area contributed by atoms with Crippen molar-refractivity contribution in [1.82, 2.24) is 0 Å². The van der Waals surface area contributed by atoms with Crippen molar-refractivity contribution in [3.8, 4) is 0 Å². The molecule has 1 rings (SSSR count). The van der Waals surface area contributed by atoms with Crippen LogP contribution in [0.15, 0.2) is 11.6 Å². The van der Waals surface area contributed by atoms with Crippen LogP contribution in [0.3, 0.4) is 0 Å². The minimum absolute atomic E-state index is 0.0301. The summed E-state index contributed by atoms with van der Waals surface area (Å²) in [5, 5.41) is 0. The van der Waals surface area contributed by atoms with Crippen LogP contribution >= 0.6 is 0 Å². The summed E-state index contributed by atoms with van der Waals surface area (Å²) in [4.78, 5) is 11.3. The van der Waals surface area contributed by atoms with E-state index < -0.39 is 0 Å². The molecule has 0 atom stereocenters. The number of carbonyl (C=O) groups excluding carboxylic acids is 1. The molecule has 86 valence electrons. The highest BCUT2D eigenvalue weighted by atomic mass is 16.1. The second-order valence-corrected chi connectivity index (χ2v) is 5.23. The van der Waals surface area contributed by atoms with Gasteiger partial charge in [0.05, 0.1) is 0 Å². The van der Waals surface area contributed by atoms with Crippen molar-refractivity contribution in [3.05, 3.63) is 11.6 Å². The van der Waals surface area contributed by atoms with Gasteiger partial charge in [0.1, 0.15) is 6.29 Å². The number of hydrogen-bond donors (Lipinski definition) is 0. The molecule has 0 aromatic rings. The van der Waals surface area contributed by atoms with Gasteiger partial charge in [-0.1, -0.05) is 43.8 Å². The van der Waals surface area contributed by atoms with Gasteiger partial charge in [0.25, 0.3) is 0 Å². The zero-order valence-electron chi connectivity index (χ0n) is 10.2. The first-order valence-electron chi connectivity index (χ1n) is 6.28. The lowest BCUT2D eigenvalue weighted by Gasteiger charge is -2.29. The molecule has 1 aliphatic rings. The SMILES string of the molecule is CC(C)=CCC1(C=O)CCCCCCC1. The van der Waals surface area contributed by atoms with Crippen LogP contribution in [-0.2, 0) is 4.79 Å². The van der Waals surface area contributed by atoms with Crippen LogP contribution in [0.1, 0.15) is 65.2 Å². The Labute approximate surface area is 93.9 Å². The van der Waals surface area contributed by atoms with Gasteiger partial charge in [-0.2, -0.15) is 0 Å². The standard InChI is InChI=1S/C14H24O/c1-13(2)8-11-14(12-15)9-6-4-3-5-7-10-14/h8,12H,3-7,9-11H2,1-2H3. The smallest absolute Gasteiger partial charge is 0.126 e. The van der Waals surface area contributed by atoms with Gasteiger partial charge < -0.3 is 4.79 Å². The number of hydrogen-bond acceptors (Lipinski definition) is 1. The zero-order valence-corrected chi connectivity index (χ0v) is 10.2. The van der Waals surface area contributed by atoms with E-state index in [0.717, 1.165) is 19.3 Å². The molecule has 1 heteroatoms. The fraction of sp³-hybridized carbons (Fsp3) is 0.786. The summed E-state index contributed by atoms with van der Waals surface area (Å²) in [7, 11) is 0. The van der Waals surface area contributed by atoms with Crippen LogP contribution < -0.4 is 0 Å². The Morgan fingerprint density at radius 2 is 1.60 bits per heavy atom. The number of aldehydes is 1. The summed E-state index contributed by atoms with van der Waals surface area (Å²) in [6, 6.07) is 0. The third-order valence-electron chi connectivity index (χ3n) is 3.52. The third kappa shape index (κ3) is 4.19. The summed E-state index contributed by atoms with van der Waals surface area (Å²) in [5.41, 5.74) is 1.30. The van der Waals surface area contributed by atoms with Gasteiger partial charge in [0.15, 0.2) is 0 Å². The molecule has 15 heavy (non-hydrogen) atoms. The number of rotatable bonds is 3. The second kappa shape index (κ2) is 6.09. The van der Waals surface area contributed by atoms with Crippen molar-refractivity contribution in [3.63, 3.8) is 0 Å². The summed E-state index contributed by atoms with van der Waals surface area (Å²) in [5.74, 6) is 0. The molecule has 0 saturated heterocycles. The Balaban J connectivity index is 2.62. The molecule has 1 fully saturated rings. The molecule has 1 aliphatic carbocycles. The maximum Gasteiger partial charge on any atom is 0.126 e. The predicted octanol–water partition coefficient (Wildman–Crippen LogP) is 4.27. The van der Waals surface area contributed by atoms with E-state index in [0.29, 0.717) is 0 Å². The highest BCUT2D eigenvalue weighted by molar-refractivity contribution is 5.59. The van der Waals surface area contributed by atoms with Crippen LogP contribution in [-0.4, -0.2) is 6.29 Å². The van der Waals surface area contributed by atoms with Crippen molar-refractivity contribution in [1.29, 1.82) is 0 Å². The van der Waals surface area contributed by atoms with Crippen LogP contribution in [0.4, 0.5) is 0 Å². The van der Waals surface area contributed by atoms with Gasteiger partial charge in [-0.05, 0) is 33.1 Å². The molecule has 0 heterocycles. The molecule has 0 aliphatic heterocycles. The highest BCUT2D eigenvalue weighted by Gasteiger charge is 2.28. The fourth-order valence-corrected chi connectivity index (χ4v) is 2.39. The van der Waals surface area contributed by atoms with E-state index in [9.17, 15) is 4.79 Å². The molecule has 1 nitrogen and oxygen atoms in total. The van der Waals surface area contributed by atoms with E-state index in [1.54, 1.807) is 0 Å². The number of carbonyl (C=O) groups is 1. The molecular weight excluding hydrogens is 184 g/mol. The largest absolute Gasteiger partial charge is 0.303 e. The van der Waals surface area contributed by atoms with Gasteiger partial charge in [-0.3, -0.25) is 0 Å².